The summed E-state index contributed by atoms with van der Waals surface area (Å²) in [6.07, 6.45) is 1.81. The van der Waals surface area contributed by atoms with Gasteiger partial charge in [-0.2, -0.15) is 0 Å². The van der Waals surface area contributed by atoms with Crippen LogP contribution in [0.1, 0.15) is 61.9 Å². The summed E-state index contributed by atoms with van der Waals surface area (Å²) in [7, 11) is 0. The predicted molar refractivity (Wildman–Crippen MR) is 166 cm³/mol. The van der Waals surface area contributed by atoms with Crippen molar-refractivity contribution < 1.29 is 18.7 Å². The van der Waals surface area contributed by atoms with Gasteiger partial charge in [-0.25, -0.2) is 14.2 Å². The van der Waals surface area contributed by atoms with Gasteiger partial charge in [0.15, 0.2) is 4.80 Å². The summed E-state index contributed by atoms with van der Waals surface area (Å²) < 4.78 is 27.3. The quantitative estimate of drug-likeness (QED) is 0.207. The maximum absolute atomic E-state index is 13.9. The Labute approximate surface area is 255 Å². The molecule has 1 atom stereocenters. The Kier molecular flexibility index (Phi) is 8.89. The van der Waals surface area contributed by atoms with E-state index in [4.69, 9.17) is 9.47 Å². The molecule has 0 spiro atoms. The molecule has 4 aromatic rings. The Bertz CT molecular complexity index is 1840. The van der Waals surface area contributed by atoms with Crippen molar-refractivity contribution in [3.63, 3.8) is 0 Å². The molecule has 1 unspecified atom stereocenters. The highest BCUT2D eigenvalue weighted by Gasteiger charge is 2.33. The van der Waals surface area contributed by atoms with E-state index in [1.807, 2.05) is 42.5 Å². The molecule has 42 heavy (non-hydrogen) atoms. The molecule has 216 valence electrons. The number of esters is 1. The van der Waals surface area contributed by atoms with E-state index in [9.17, 15) is 14.0 Å². The van der Waals surface area contributed by atoms with Crippen LogP contribution < -0.4 is 19.6 Å². The van der Waals surface area contributed by atoms with Crippen molar-refractivity contribution in [2.75, 3.05) is 6.61 Å². The van der Waals surface area contributed by atoms with Crippen LogP contribution in [0.2, 0.25) is 0 Å². The molecule has 1 aromatic heterocycles. The molecule has 0 amide bonds. The van der Waals surface area contributed by atoms with Crippen molar-refractivity contribution >= 4 is 39.3 Å². The zero-order chi connectivity index (χ0) is 30.0. The molecule has 9 heteroatoms. The van der Waals surface area contributed by atoms with Gasteiger partial charge in [0.25, 0.3) is 5.56 Å². The Morgan fingerprint density at radius 2 is 1.83 bits per heavy atom. The zero-order valence-electron chi connectivity index (χ0n) is 23.7. The van der Waals surface area contributed by atoms with Gasteiger partial charge >= 0.3 is 5.97 Å². The highest BCUT2D eigenvalue weighted by molar-refractivity contribution is 9.10. The second-order valence-corrected chi connectivity index (χ2v) is 12.1. The summed E-state index contributed by atoms with van der Waals surface area (Å²) in [5.74, 6) is 0.197. The maximum Gasteiger partial charge on any atom is 0.338 e. The monoisotopic (exact) mass is 648 g/mol. The van der Waals surface area contributed by atoms with Crippen molar-refractivity contribution in [2.24, 2.45) is 4.99 Å². The van der Waals surface area contributed by atoms with Gasteiger partial charge in [-0.05, 0) is 88.3 Å². The van der Waals surface area contributed by atoms with E-state index in [0.29, 0.717) is 32.3 Å². The van der Waals surface area contributed by atoms with Gasteiger partial charge in [-0.3, -0.25) is 9.36 Å². The third-order valence-corrected chi connectivity index (χ3v) is 8.60. The molecule has 1 aliphatic heterocycles. The van der Waals surface area contributed by atoms with Crippen LogP contribution in [0.3, 0.4) is 0 Å². The number of carbonyl (C=O) groups excluding carboxylic acids is 1. The van der Waals surface area contributed by atoms with Crippen LogP contribution in [-0.2, 0) is 16.1 Å². The van der Waals surface area contributed by atoms with Crippen LogP contribution in [-0.4, -0.2) is 17.1 Å². The Morgan fingerprint density at radius 3 is 2.48 bits per heavy atom. The average molecular weight is 650 g/mol. The fourth-order valence-electron chi connectivity index (χ4n) is 4.79. The van der Waals surface area contributed by atoms with Gasteiger partial charge in [0, 0.05) is 0 Å². The van der Waals surface area contributed by atoms with E-state index >= 15 is 0 Å². The number of halogens is 2. The predicted octanol–water partition coefficient (Wildman–Crippen LogP) is 6.40. The SMILES string of the molecule is CCOC(=O)C1=C(C)N=c2s/c(=C/c3ccc(OCc4ccc(F)cc4)c(Br)c3)c(=O)n2C1c1ccc(C(C)C)cc1. The number of benzene rings is 3. The number of allylic oxidation sites excluding steroid dienone is 1. The number of rotatable bonds is 8. The molecule has 0 aliphatic carbocycles. The molecular weight excluding hydrogens is 619 g/mol. The average Bonchev–Trinajstić information content (AvgIpc) is 3.26. The largest absolute Gasteiger partial charge is 0.488 e. The topological polar surface area (TPSA) is 69.9 Å². The molecule has 0 radical (unpaired) electrons. The number of carbonyl (C=O) groups is 1. The first kappa shape index (κ1) is 29.7. The van der Waals surface area contributed by atoms with E-state index in [1.165, 1.54) is 29.0 Å². The van der Waals surface area contributed by atoms with Crippen molar-refractivity contribution in [3.05, 3.63) is 130 Å². The van der Waals surface area contributed by atoms with Crippen LogP contribution in [0.15, 0.2) is 92.3 Å². The number of thiazole rings is 1. The maximum atomic E-state index is 13.9. The fourth-order valence-corrected chi connectivity index (χ4v) is 6.34. The molecule has 3 aromatic carbocycles. The van der Waals surface area contributed by atoms with Crippen LogP contribution in [0.5, 0.6) is 5.75 Å². The summed E-state index contributed by atoms with van der Waals surface area (Å²) in [6.45, 7) is 8.28. The second kappa shape index (κ2) is 12.6. The number of nitrogens with zero attached hydrogens (tertiary/aromatic N) is 2. The molecule has 1 aliphatic rings. The smallest absolute Gasteiger partial charge is 0.338 e. The number of hydrogen-bond acceptors (Lipinski definition) is 6. The molecule has 0 bridgehead atoms. The third-order valence-electron chi connectivity index (χ3n) is 7.00. The summed E-state index contributed by atoms with van der Waals surface area (Å²) in [5, 5.41) is 0. The number of ether oxygens (including phenoxy) is 2. The van der Waals surface area contributed by atoms with Gasteiger partial charge in [-0.1, -0.05) is 67.6 Å². The lowest BCUT2D eigenvalue weighted by molar-refractivity contribution is -0.139. The second-order valence-electron chi connectivity index (χ2n) is 10.2. The van der Waals surface area contributed by atoms with Crippen LogP contribution in [0, 0.1) is 5.82 Å². The van der Waals surface area contributed by atoms with E-state index in [1.54, 1.807) is 36.6 Å². The van der Waals surface area contributed by atoms with Crippen LogP contribution in [0.4, 0.5) is 4.39 Å². The minimum Gasteiger partial charge on any atom is -0.488 e. The normalized spacial score (nSPS) is 15.0. The van der Waals surface area contributed by atoms with Crippen molar-refractivity contribution in [2.45, 2.75) is 46.3 Å². The van der Waals surface area contributed by atoms with E-state index < -0.39 is 12.0 Å². The van der Waals surface area contributed by atoms with Gasteiger partial charge < -0.3 is 9.47 Å². The van der Waals surface area contributed by atoms with Gasteiger partial charge in [-0.15, -0.1) is 0 Å². The minimum atomic E-state index is -0.655. The van der Waals surface area contributed by atoms with E-state index in [2.05, 4.69) is 34.8 Å². The fraction of sp³-hybridized carbons (Fsp3) is 0.242. The Hall–Kier alpha value is -3.82. The van der Waals surface area contributed by atoms with Gasteiger partial charge in [0.05, 0.1) is 32.9 Å². The highest BCUT2D eigenvalue weighted by Crippen LogP contribution is 2.32. The molecule has 0 N–H and O–H groups in total. The molecule has 6 nitrogen and oxygen atoms in total. The highest BCUT2D eigenvalue weighted by atomic mass is 79.9. The number of hydrogen-bond donors (Lipinski definition) is 0. The third kappa shape index (κ3) is 6.17. The van der Waals surface area contributed by atoms with Gasteiger partial charge in [0.1, 0.15) is 18.2 Å². The lowest BCUT2D eigenvalue weighted by atomic mass is 9.93. The summed E-state index contributed by atoms with van der Waals surface area (Å²) >= 11 is 4.84. The zero-order valence-corrected chi connectivity index (χ0v) is 26.1. The van der Waals surface area contributed by atoms with Crippen molar-refractivity contribution in [1.82, 2.24) is 4.57 Å². The first-order chi connectivity index (χ1) is 20.2. The molecule has 0 saturated heterocycles. The van der Waals surface area contributed by atoms with Crippen LogP contribution >= 0.6 is 27.3 Å². The standard InChI is InChI=1S/C33H30BrFN2O4S/c1-5-40-32(39)29-20(4)36-33-37(30(29)24-11-9-23(10-12-24)19(2)3)31(38)28(42-33)17-22-8-15-27(26(34)16-22)41-18-21-6-13-25(35)14-7-21/h6-17,19,30H,5,18H2,1-4H3/b28-17+. The summed E-state index contributed by atoms with van der Waals surface area (Å²) in [4.78, 5) is 32.2. The lowest BCUT2D eigenvalue weighted by Gasteiger charge is -2.25. The molecule has 5 rings (SSSR count). The first-order valence-corrected chi connectivity index (χ1v) is 15.2. The Morgan fingerprint density at radius 1 is 1.12 bits per heavy atom. The Balaban J connectivity index is 1.52. The van der Waals surface area contributed by atoms with Crippen molar-refractivity contribution in [1.29, 1.82) is 0 Å². The lowest BCUT2D eigenvalue weighted by Crippen LogP contribution is -2.39. The minimum absolute atomic E-state index is 0.220. The number of aromatic nitrogens is 1. The van der Waals surface area contributed by atoms with Gasteiger partial charge in [0.2, 0.25) is 0 Å². The van der Waals surface area contributed by atoms with E-state index in [-0.39, 0.29) is 24.6 Å². The number of fused-ring (bicyclic) bond motifs is 1. The molecule has 0 fully saturated rings. The molecule has 0 saturated carbocycles. The summed E-state index contributed by atoms with van der Waals surface area (Å²) in [5.41, 5.74) is 4.27. The molecule has 2 heterocycles. The first-order valence-electron chi connectivity index (χ1n) is 13.6. The summed E-state index contributed by atoms with van der Waals surface area (Å²) in [6, 6.07) is 19.1. The van der Waals surface area contributed by atoms with Crippen LogP contribution in [0.25, 0.3) is 6.08 Å². The molecular formula is C33H30BrFN2O4S. The van der Waals surface area contributed by atoms with E-state index in [0.717, 1.165) is 21.2 Å². The van der Waals surface area contributed by atoms with Crippen molar-refractivity contribution in [3.8, 4) is 5.75 Å².